The van der Waals surface area contributed by atoms with Gasteiger partial charge in [-0.15, -0.1) is 0 Å². The maximum absolute atomic E-state index is 13.5. The predicted octanol–water partition coefficient (Wildman–Crippen LogP) is 4.72. The van der Waals surface area contributed by atoms with E-state index in [1.165, 1.54) is 6.07 Å². The van der Waals surface area contributed by atoms with Crippen molar-refractivity contribution in [1.29, 1.82) is 0 Å². The predicted molar refractivity (Wildman–Crippen MR) is 77.5 cm³/mol. The van der Waals surface area contributed by atoms with Crippen LogP contribution in [-0.2, 0) is 0 Å². The highest BCUT2D eigenvalue weighted by atomic mass is 35.5. The number of nitrogens with one attached hydrogen (secondary N) is 1. The fourth-order valence-corrected chi connectivity index (χ4v) is 2.67. The summed E-state index contributed by atoms with van der Waals surface area (Å²) in [7, 11) is 0. The molecule has 0 aromatic heterocycles. The van der Waals surface area contributed by atoms with E-state index in [9.17, 15) is 4.39 Å². The first-order chi connectivity index (χ1) is 8.88. The van der Waals surface area contributed by atoms with E-state index >= 15 is 0 Å². The summed E-state index contributed by atoms with van der Waals surface area (Å²) in [5.41, 5.74) is 0.783. The summed E-state index contributed by atoms with van der Waals surface area (Å²) in [6.45, 7) is 8.65. The van der Waals surface area contributed by atoms with Gasteiger partial charge in [-0.2, -0.15) is 0 Å². The van der Waals surface area contributed by atoms with E-state index in [-0.39, 0.29) is 17.2 Å². The lowest BCUT2D eigenvalue weighted by Crippen LogP contribution is -2.45. The maximum atomic E-state index is 13.5. The molecule has 0 fully saturated rings. The van der Waals surface area contributed by atoms with E-state index in [4.69, 9.17) is 16.3 Å². The molecule has 2 nitrogen and oxygen atoms in total. The van der Waals surface area contributed by atoms with E-state index < -0.39 is 5.82 Å². The van der Waals surface area contributed by atoms with Crippen LogP contribution >= 0.6 is 11.6 Å². The molecule has 1 N–H and O–H groups in total. The average molecular weight is 286 g/mol. The Hall–Kier alpha value is -0.960. The molecule has 0 bridgehead atoms. The fourth-order valence-electron chi connectivity index (χ4n) is 2.50. The highest BCUT2D eigenvalue weighted by Crippen LogP contribution is 2.38. The largest absolute Gasteiger partial charge is 0.486 e. The fraction of sp³-hybridized carbons (Fsp3) is 0.600. The Kier molecular flexibility index (Phi) is 4.24. The molecule has 0 saturated heterocycles. The third-order valence-electron chi connectivity index (χ3n) is 3.45. The molecule has 1 aliphatic heterocycles. The number of halogens is 2. The van der Waals surface area contributed by atoms with Gasteiger partial charge in [0.25, 0.3) is 0 Å². The second-order valence-electron chi connectivity index (χ2n) is 5.96. The zero-order valence-electron chi connectivity index (χ0n) is 11.8. The van der Waals surface area contributed by atoms with Crippen molar-refractivity contribution in [2.75, 3.05) is 5.32 Å². The van der Waals surface area contributed by atoms with Gasteiger partial charge < -0.3 is 10.1 Å². The molecular weight excluding hydrogens is 265 g/mol. The lowest BCUT2D eigenvalue weighted by molar-refractivity contribution is 0.125. The van der Waals surface area contributed by atoms with Gasteiger partial charge in [0.15, 0.2) is 0 Å². The highest BCUT2D eigenvalue weighted by Gasteiger charge is 2.32. The Labute approximate surface area is 119 Å². The van der Waals surface area contributed by atoms with Crippen LogP contribution in [0.4, 0.5) is 10.1 Å². The zero-order valence-corrected chi connectivity index (χ0v) is 12.6. The summed E-state index contributed by atoms with van der Waals surface area (Å²) in [5, 5.41) is 3.57. The van der Waals surface area contributed by atoms with Crippen molar-refractivity contribution in [1.82, 2.24) is 0 Å². The number of benzene rings is 1. The van der Waals surface area contributed by atoms with E-state index in [2.05, 4.69) is 33.0 Å². The van der Waals surface area contributed by atoms with Gasteiger partial charge in [-0.25, -0.2) is 4.39 Å². The summed E-state index contributed by atoms with van der Waals surface area (Å²) in [6, 6.07) is 3.19. The Balaban J connectivity index is 2.31. The summed E-state index contributed by atoms with van der Waals surface area (Å²) in [6.07, 6.45) is 1.01. The van der Waals surface area contributed by atoms with E-state index in [1.807, 2.05) is 0 Å². The molecule has 106 valence electrons. The molecular formula is C15H21ClFNO. The first kappa shape index (κ1) is 14.4. The summed E-state index contributed by atoms with van der Waals surface area (Å²) in [5.74, 6) is 1.09. The molecule has 1 heterocycles. The summed E-state index contributed by atoms with van der Waals surface area (Å²) < 4.78 is 19.5. The monoisotopic (exact) mass is 285 g/mol. The van der Waals surface area contributed by atoms with Crippen LogP contribution in [0.3, 0.4) is 0 Å². The number of hydrogen-bond donors (Lipinski definition) is 1. The standard InChI is InChI=1S/C15H21ClFNO/c1-8(2)5-14-15(9(3)4)18-12-6-10(16)11(17)7-13(12)19-14/h6-9,14-15,18H,5H2,1-4H3. The summed E-state index contributed by atoms with van der Waals surface area (Å²) >= 11 is 5.82. The lowest BCUT2D eigenvalue weighted by Gasteiger charge is -2.38. The minimum absolute atomic E-state index is 0.0630. The molecule has 19 heavy (non-hydrogen) atoms. The number of fused-ring (bicyclic) bond motifs is 1. The smallest absolute Gasteiger partial charge is 0.145 e. The van der Waals surface area contributed by atoms with Crippen molar-refractivity contribution in [2.24, 2.45) is 11.8 Å². The molecule has 0 saturated carbocycles. The van der Waals surface area contributed by atoms with E-state index in [1.54, 1.807) is 6.07 Å². The Morgan fingerprint density at radius 1 is 1.32 bits per heavy atom. The van der Waals surface area contributed by atoms with Gasteiger partial charge in [-0.3, -0.25) is 0 Å². The minimum Gasteiger partial charge on any atom is -0.486 e. The van der Waals surface area contributed by atoms with Crippen molar-refractivity contribution < 1.29 is 9.13 Å². The topological polar surface area (TPSA) is 21.3 Å². The van der Waals surface area contributed by atoms with Crippen LogP contribution < -0.4 is 10.1 Å². The molecule has 1 aromatic rings. The molecule has 1 aromatic carbocycles. The SMILES string of the molecule is CC(C)CC1Oc2cc(F)c(Cl)cc2NC1C(C)C. The highest BCUT2D eigenvalue weighted by molar-refractivity contribution is 6.31. The molecule has 2 unspecified atom stereocenters. The second-order valence-corrected chi connectivity index (χ2v) is 6.37. The van der Waals surface area contributed by atoms with Crippen molar-refractivity contribution in [2.45, 2.75) is 46.3 Å². The van der Waals surface area contributed by atoms with Crippen molar-refractivity contribution in [3.63, 3.8) is 0 Å². The van der Waals surface area contributed by atoms with E-state index in [0.717, 1.165) is 12.1 Å². The minimum atomic E-state index is -0.437. The number of hydrogen-bond acceptors (Lipinski definition) is 2. The van der Waals surface area contributed by atoms with Crippen LogP contribution in [0, 0.1) is 17.7 Å². The summed E-state index contributed by atoms with van der Waals surface area (Å²) in [4.78, 5) is 0. The van der Waals surface area contributed by atoms with Crippen LogP contribution in [0.2, 0.25) is 5.02 Å². The Morgan fingerprint density at radius 3 is 2.58 bits per heavy atom. The van der Waals surface area contributed by atoms with Crippen LogP contribution in [0.1, 0.15) is 34.1 Å². The molecule has 0 amide bonds. The van der Waals surface area contributed by atoms with Crippen molar-refractivity contribution >= 4 is 17.3 Å². The first-order valence-corrected chi connectivity index (χ1v) is 7.18. The van der Waals surface area contributed by atoms with Gasteiger partial charge in [0.2, 0.25) is 0 Å². The third-order valence-corrected chi connectivity index (χ3v) is 3.74. The van der Waals surface area contributed by atoms with Gasteiger partial charge in [0.1, 0.15) is 17.7 Å². The quantitative estimate of drug-likeness (QED) is 0.867. The molecule has 0 aliphatic carbocycles. The molecule has 2 rings (SSSR count). The lowest BCUT2D eigenvalue weighted by atomic mass is 9.91. The van der Waals surface area contributed by atoms with Gasteiger partial charge in [0.05, 0.1) is 16.8 Å². The van der Waals surface area contributed by atoms with Crippen LogP contribution in [0.5, 0.6) is 5.75 Å². The van der Waals surface area contributed by atoms with Crippen molar-refractivity contribution in [3.05, 3.63) is 23.0 Å². The van der Waals surface area contributed by atoms with Crippen LogP contribution in [-0.4, -0.2) is 12.1 Å². The van der Waals surface area contributed by atoms with Crippen molar-refractivity contribution in [3.8, 4) is 5.75 Å². The van der Waals surface area contributed by atoms with Gasteiger partial charge in [-0.05, 0) is 24.3 Å². The molecule has 0 radical (unpaired) electrons. The molecule has 1 aliphatic rings. The number of ether oxygens (including phenoxy) is 1. The number of rotatable bonds is 3. The average Bonchev–Trinajstić information content (AvgIpc) is 2.29. The normalized spacial score (nSPS) is 22.1. The molecule has 4 heteroatoms. The van der Waals surface area contributed by atoms with Crippen LogP contribution in [0.15, 0.2) is 12.1 Å². The van der Waals surface area contributed by atoms with Gasteiger partial charge in [-0.1, -0.05) is 39.3 Å². The van der Waals surface area contributed by atoms with Crippen LogP contribution in [0.25, 0.3) is 0 Å². The first-order valence-electron chi connectivity index (χ1n) is 6.80. The zero-order chi connectivity index (χ0) is 14.2. The second kappa shape index (κ2) is 5.58. The Bertz CT molecular complexity index is 462. The third kappa shape index (κ3) is 3.14. The number of anilines is 1. The maximum Gasteiger partial charge on any atom is 0.145 e. The molecule has 0 spiro atoms. The Morgan fingerprint density at radius 2 is 2.00 bits per heavy atom. The molecule has 2 atom stereocenters. The van der Waals surface area contributed by atoms with Gasteiger partial charge in [0, 0.05) is 6.07 Å². The van der Waals surface area contributed by atoms with Gasteiger partial charge >= 0.3 is 0 Å². The van der Waals surface area contributed by atoms with E-state index in [0.29, 0.717) is 17.6 Å².